The fourth-order valence-electron chi connectivity index (χ4n) is 2.06. The Kier molecular flexibility index (Phi) is 6.96. The van der Waals surface area contributed by atoms with E-state index in [1.54, 1.807) is 7.11 Å². The zero-order chi connectivity index (χ0) is 11.8. The average molecular weight is 230 g/mol. The highest BCUT2D eigenvalue weighted by Crippen LogP contribution is 2.04. The Balaban J connectivity index is 2.11. The molecule has 0 aromatic heterocycles. The van der Waals surface area contributed by atoms with Gasteiger partial charge in [-0.05, 0) is 20.3 Å². The topological polar surface area (TPSA) is 33.7 Å². The summed E-state index contributed by atoms with van der Waals surface area (Å²) in [4.78, 5) is 2.48. The van der Waals surface area contributed by atoms with Crippen LogP contribution in [-0.4, -0.2) is 63.5 Å². The normalized spacial score (nSPS) is 25.3. The molecular weight excluding hydrogens is 204 g/mol. The van der Waals surface area contributed by atoms with Crippen molar-refractivity contribution in [2.45, 2.75) is 32.4 Å². The van der Waals surface area contributed by atoms with Crippen LogP contribution in [0.15, 0.2) is 0 Å². The van der Waals surface area contributed by atoms with E-state index in [2.05, 4.69) is 24.1 Å². The van der Waals surface area contributed by atoms with Gasteiger partial charge < -0.3 is 14.8 Å². The summed E-state index contributed by atoms with van der Waals surface area (Å²) in [5.74, 6) is 0. The van der Waals surface area contributed by atoms with Crippen molar-refractivity contribution in [1.29, 1.82) is 0 Å². The Morgan fingerprint density at radius 2 is 2.38 bits per heavy atom. The molecule has 0 aliphatic carbocycles. The van der Waals surface area contributed by atoms with Gasteiger partial charge in [-0.15, -0.1) is 0 Å². The molecule has 2 atom stereocenters. The molecule has 0 saturated carbocycles. The van der Waals surface area contributed by atoms with Gasteiger partial charge in [0.1, 0.15) is 0 Å². The Labute approximate surface area is 99.3 Å². The van der Waals surface area contributed by atoms with Crippen LogP contribution in [0.4, 0.5) is 0 Å². The summed E-state index contributed by atoms with van der Waals surface area (Å²) in [5.41, 5.74) is 0. The third kappa shape index (κ3) is 5.80. The average Bonchev–Trinajstić information content (AvgIpc) is 2.43. The van der Waals surface area contributed by atoms with Crippen LogP contribution in [0.3, 0.4) is 0 Å². The van der Waals surface area contributed by atoms with Gasteiger partial charge in [-0.1, -0.05) is 0 Å². The Morgan fingerprint density at radius 3 is 3.12 bits per heavy atom. The van der Waals surface area contributed by atoms with E-state index in [1.807, 2.05) is 0 Å². The van der Waals surface area contributed by atoms with Crippen LogP contribution in [0.2, 0.25) is 0 Å². The SMILES string of the molecule is COCC(C)NCCN1CCCOC(C)C1. The minimum Gasteiger partial charge on any atom is -0.383 e. The van der Waals surface area contributed by atoms with Gasteiger partial charge in [-0.3, -0.25) is 4.90 Å². The molecule has 2 unspecified atom stereocenters. The van der Waals surface area contributed by atoms with Gasteiger partial charge in [0.05, 0.1) is 12.7 Å². The number of methoxy groups -OCH3 is 1. The summed E-state index contributed by atoms with van der Waals surface area (Å²) < 4.78 is 10.7. The lowest BCUT2D eigenvalue weighted by atomic mass is 10.3. The predicted molar refractivity (Wildman–Crippen MR) is 65.8 cm³/mol. The molecule has 0 amide bonds. The number of ether oxygens (including phenoxy) is 2. The van der Waals surface area contributed by atoms with Crippen LogP contribution >= 0.6 is 0 Å². The zero-order valence-electron chi connectivity index (χ0n) is 10.9. The van der Waals surface area contributed by atoms with Gasteiger partial charge in [0.15, 0.2) is 0 Å². The first-order valence-electron chi connectivity index (χ1n) is 6.28. The maximum absolute atomic E-state index is 5.62. The minimum absolute atomic E-state index is 0.374. The van der Waals surface area contributed by atoms with E-state index in [4.69, 9.17) is 9.47 Å². The second-order valence-electron chi connectivity index (χ2n) is 4.65. The van der Waals surface area contributed by atoms with Gasteiger partial charge in [-0.2, -0.15) is 0 Å². The summed E-state index contributed by atoms with van der Waals surface area (Å²) in [6.45, 7) is 10.3. The van der Waals surface area contributed by atoms with Crippen LogP contribution in [0.5, 0.6) is 0 Å². The van der Waals surface area contributed by atoms with E-state index in [9.17, 15) is 0 Å². The van der Waals surface area contributed by atoms with Crippen LogP contribution in [0.25, 0.3) is 0 Å². The fraction of sp³-hybridized carbons (Fsp3) is 1.00. The quantitative estimate of drug-likeness (QED) is 0.729. The molecule has 1 saturated heterocycles. The highest BCUT2D eigenvalue weighted by atomic mass is 16.5. The molecule has 0 aromatic carbocycles. The number of hydrogen-bond donors (Lipinski definition) is 1. The monoisotopic (exact) mass is 230 g/mol. The second-order valence-corrected chi connectivity index (χ2v) is 4.65. The molecule has 1 aliphatic heterocycles. The standard InChI is InChI=1S/C12H26N2O2/c1-11(10-15-3)13-5-7-14-6-4-8-16-12(2)9-14/h11-13H,4-10H2,1-3H3. The summed E-state index contributed by atoms with van der Waals surface area (Å²) in [6, 6.07) is 0.436. The molecule has 4 nitrogen and oxygen atoms in total. The zero-order valence-corrected chi connectivity index (χ0v) is 10.9. The van der Waals surface area contributed by atoms with E-state index in [-0.39, 0.29) is 0 Å². The number of rotatable bonds is 6. The molecular formula is C12H26N2O2. The van der Waals surface area contributed by atoms with Gasteiger partial charge >= 0.3 is 0 Å². The van der Waals surface area contributed by atoms with E-state index in [0.717, 1.165) is 45.8 Å². The van der Waals surface area contributed by atoms with Crippen molar-refractivity contribution in [2.24, 2.45) is 0 Å². The minimum atomic E-state index is 0.374. The van der Waals surface area contributed by atoms with Crippen molar-refractivity contribution in [3.05, 3.63) is 0 Å². The number of nitrogens with one attached hydrogen (secondary N) is 1. The molecule has 4 heteroatoms. The van der Waals surface area contributed by atoms with Gasteiger partial charge in [-0.25, -0.2) is 0 Å². The highest BCUT2D eigenvalue weighted by Gasteiger charge is 2.14. The first kappa shape index (κ1) is 13.9. The molecule has 1 heterocycles. The van der Waals surface area contributed by atoms with Crippen molar-refractivity contribution in [2.75, 3.05) is 46.5 Å². The maximum atomic E-state index is 5.62. The lowest BCUT2D eigenvalue weighted by molar-refractivity contribution is 0.0676. The number of nitrogens with zero attached hydrogens (tertiary/aromatic N) is 1. The van der Waals surface area contributed by atoms with Crippen LogP contribution in [-0.2, 0) is 9.47 Å². The molecule has 1 N–H and O–H groups in total. The maximum Gasteiger partial charge on any atom is 0.0673 e. The van der Waals surface area contributed by atoms with E-state index < -0.39 is 0 Å². The molecule has 0 radical (unpaired) electrons. The van der Waals surface area contributed by atoms with Crippen LogP contribution in [0.1, 0.15) is 20.3 Å². The van der Waals surface area contributed by atoms with Crippen molar-refractivity contribution in [1.82, 2.24) is 10.2 Å². The molecule has 0 bridgehead atoms. The highest BCUT2D eigenvalue weighted by molar-refractivity contribution is 4.68. The molecule has 1 aliphatic rings. The summed E-state index contributed by atoms with van der Waals surface area (Å²) in [5, 5.41) is 3.46. The van der Waals surface area contributed by atoms with Crippen LogP contribution in [0, 0.1) is 0 Å². The molecule has 1 rings (SSSR count). The van der Waals surface area contributed by atoms with E-state index in [0.29, 0.717) is 12.1 Å². The molecule has 0 spiro atoms. The Morgan fingerprint density at radius 1 is 1.56 bits per heavy atom. The smallest absolute Gasteiger partial charge is 0.0673 e. The third-order valence-corrected chi connectivity index (χ3v) is 2.87. The molecule has 16 heavy (non-hydrogen) atoms. The first-order valence-corrected chi connectivity index (χ1v) is 6.28. The molecule has 1 fully saturated rings. The summed E-state index contributed by atoms with van der Waals surface area (Å²) in [6.07, 6.45) is 1.52. The van der Waals surface area contributed by atoms with Gasteiger partial charge in [0.25, 0.3) is 0 Å². The van der Waals surface area contributed by atoms with E-state index >= 15 is 0 Å². The Bertz CT molecular complexity index is 178. The summed E-state index contributed by atoms with van der Waals surface area (Å²) in [7, 11) is 1.74. The molecule has 96 valence electrons. The van der Waals surface area contributed by atoms with Crippen molar-refractivity contribution < 1.29 is 9.47 Å². The fourth-order valence-corrected chi connectivity index (χ4v) is 2.06. The van der Waals surface area contributed by atoms with Gasteiger partial charge in [0.2, 0.25) is 0 Å². The van der Waals surface area contributed by atoms with Crippen molar-refractivity contribution in [3.63, 3.8) is 0 Å². The lowest BCUT2D eigenvalue weighted by Gasteiger charge is -2.22. The number of hydrogen-bond acceptors (Lipinski definition) is 4. The molecule has 0 aromatic rings. The first-order chi connectivity index (χ1) is 7.72. The van der Waals surface area contributed by atoms with Crippen molar-refractivity contribution >= 4 is 0 Å². The van der Waals surface area contributed by atoms with Gasteiger partial charge in [0, 0.05) is 45.9 Å². The second kappa shape index (κ2) is 8.01. The van der Waals surface area contributed by atoms with Crippen LogP contribution < -0.4 is 5.32 Å². The lowest BCUT2D eigenvalue weighted by Crippen LogP contribution is -2.39. The van der Waals surface area contributed by atoms with Crippen molar-refractivity contribution in [3.8, 4) is 0 Å². The summed E-state index contributed by atoms with van der Waals surface area (Å²) >= 11 is 0. The third-order valence-electron chi connectivity index (χ3n) is 2.87. The predicted octanol–water partition coefficient (Wildman–Crippen LogP) is 0.722. The van der Waals surface area contributed by atoms with E-state index in [1.165, 1.54) is 0 Å². The Hall–Kier alpha value is -0.160. The largest absolute Gasteiger partial charge is 0.383 e.